The largest absolute Gasteiger partial charge is 0.481 e. The van der Waals surface area contributed by atoms with Crippen molar-refractivity contribution in [3.8, 4) is 0 Å². The first-order valence-electron chi connectivity index (χ1n) is 5.75. The summed E-state index contributed by atoms with van der Waals surface area (Å²) in [6.07, 6.45) is -0.618. The summed E-state index contributed by atoms with van der Waals surface area (Å²) in [7, 11) is 0. The Hall–Kier alpha value is -2.29. The van der Waals surface area contributed by atoms with Gasteiger partial charge < -0.3 is 20.8 Å². The maximum absolute atomic E-state index is 13.3. The van der Waals surface area contributed by atoms with E-state index in [0.717, 1.165) is 6.07 Å². The summed E-state index contributed by atoms with van der Waals surface area (Å²) < 4.78 is 38.9. The van der Waals surface area contributed by atoms with Crippen molar-refractivity contribution in [3.05, 3.63) is 29.6 Å². The molecule has 21 heavy (non-hydrogen) atoms. The van der Waals surface area contributed by atoms with Crippen molar-refractivity contribution in [1.29, 1.82) is 0 Å². The molecule has 0 aromatic heterocycles. The molecular formula is C12H13F3N2O4. The highest BCUT2D eigenvalue weighted by atomic mass is 19.2. The molecule has 1 aromatic rings. The standard InChI is InChI=1S/C12H13F3N2O4/c1-12(21,4-8(18)19)5-16-11(20)17-7-3-2-6(13)9(14)10(7)15/h2-3,21H,4-5H2,1H3,(H,18,19)(H2,16,17,20). The number of hydrogen-bond acceptors (Lipinski definition) is 3. The molecule has 1 unspecified atom stereocenters. The molecule has 1 rings (SSSR count). The number of halogens is 3. The molecule has 0 radical (unpaired) electrons. The molecule has 0 fully saturated rings. The molecule has 0 aliphatic rings. The predicted molar refractivity (Wildman–Crippen MR) is 66.2 cm³/mol. The van der Waals surface area contributed by atoms with E-state index in [1.54, 1.807) is 0 Å². The third kappa shape index (κ3) is 4.95. The van der Waals surface area contributed by atoms with Gasteiger partial charge in [-0.2, -0.15) is 0 Å². The highest BCUT2D eigenvalue weighted by molar-refractivity contribution is 5.89. The zero-order valence-corrected chi connectivity index (χ0v) is 10.9. The molecule has 6 nitrogen and oxygen atoms in total. The average molecular weight is 306 g/mol. The van der Waals surface area contributed by atoms with Crippen molar-refractivity contribution < 1.29 is 33.0 Å². The number of carboxylic acids is 1. The van der Waals surface area contributed by atoms with Crippen molar-refractivity contribution in [3.63, 3.8) is 0 Å². The monoisotopic (exact) mass is 306 g/mol. The Morgan fingerprint density at radius 1 is 1.24 bits per heavy atom. The zero-order chi connectivity index (χ0) is 16.2. The minimum atomic E-state index is -1.73. The smallest absolute Gasteiger partial charge is 0.319 e. The molecular weight excluding hydrogens is 293 g/mol. The summed E-state index contributed by atoms with van der Waals surface area (Å²) in [5, 5.41) is 22.2. The number of carboxylic acid groups (broad SMARTS) is 1. The maximum atomic E-state index is 13.3. The highest BCUT2D eigenvalue weighted by Crippen LogP contribution is 2.19. The predicted octanol–water partition coefficient (Wildman–Crippen LogP) is 1.45. The van der Waals surface area contributed by atoms with Gasteiger partial charge in [-0.1, -0.05) is 0 Å². The van der Waals surface area contributed by atoms with E-state index in [2.05, 4.69) is 5.32 Å². The summed E-state index contributed by atoms with van der Waals surface area (Å²) in [5.74, 6) is -5.97. The third-order valence-electron chi connectivity index (χ3n) is 2.45. The molecule has 9 heteroatoms. The topological polar surface area (TPSA) is 98.7 Å². The van der Waals surface area contributed by atoms with Crippen LogP contribution in [0.25, 0.3) is 0 Å². The number of benzene rings is 1. The molecule has 1 aromatic carbocycles. The minimum absolute atomic E-state index is 0.434. The van der Waals surface area contributed by atoms with Crippen LogP contribution in [0.3, 0.4) is 0 Å². The fourth-order valence-electron chi connectivity index (χ4n) is 1.45. The average Bonchev–Trinajstić information content (AvgIpc) is 2.36. The number of rotatable bonds is 5. The summed E-state index contributed by atoms with van der Waals surface area (Å²) in [6, 6.07) is 0.447. The van der Waals surface area contributed by atoms with Crippen LogP contribution in [0.4, 0.5) is 23.7 Å². The highest BCUT2D eigenvalue weighted by Gasteiger charge is 2.25. The fourth-order valence-corrected chi connectivity index (χ4v) is 1.45. The van der Waals surface area contributed by atoms with Crippen molar-refractivity contribution in [2.75, 3.05) is 11.9 Å². The molecule has 2 amide bonds. The summed E-state index contributed by atoms with van der Waals surface area (Å²) >= 11 is 0. The Morgan fingerprint density at radius 2 is 1.86 bits per heavy atom. The molecule has 0 heterocycles. The number of hydrogen-bond donors (Lipinski definition) is 4. The van der Waals surface area contributed by atoms with Crippen LogP contribution in [0.5, 0.6) is 0 Å². The van der Waals surface area contributed by atoms with Gasteiger partial charge >= 0.3 is 12.0 Å². The number of aliphatic carboxylic acids is 1. The van der Waals surface area contributed by atoms with E-state index >= 15 is 0 Å². The second kappa shape index (κ2) is 6.44. The van der Waals surface area contributed by atoms with Crippen molar-refractivity contribution >= 4 is 17.7 Å². The minimum Gasteiger partial charge on any atom is -0.481 e. The normalized spacial score (nSPS) is 13.4. The molecule has 0 bridgehead atoms. The molecule has 0 spiro atoms. The Balaban J connectivity index is 2.63. The summed E-state index contributed by atoms with van der Waals surface area (Å²) in [5.41, 5.74) is -2.31. The van der Waals surface area contributed by atoms with Gasteiger partial charge in [-0.25, -0.2) is 18.0 Å². The van der Waals surface area contributed by atoms with Crippen LogP contribution in [-0.4, -0.2) is 34.4 Å². The molecule has 0 aliphatic carbocycles. The number of nitrogens with one attached hydrogen (secondary N) is 2. The van der Waals surface area contributed by atoms with E-state index < -0.39 is 53.7 Å². The third-order valence-corrected chi connectivity index (χ3v) is 2.45. The number of carbonyl (C=O) groups excluding carboxylic acids is 1. The SMILES string of the molecule is CC(O)(CNC(=O)Nc1ccc(F)c(F)c1F)CC(=O)O. The van der Waals surface area contributed by atoms with Gasteiger partial charge in [0.05, 0.1) is 17.7 Å². The molecule has 0 saturated carbocycles. The van der Waals surface area contributed by atoms with Gasteiger partial charge in [0.2, 0.25) is 0 Å². The Labute approximate surface area is 117 Å². The summed E-state index contributed by atoms with van der Waals surface area (Å²) in [4.78, 5) is 21.9. The summed E-state index contributed by atoms with van der Waals surface area (Å²) in [6.45, 7) is 0.746. The first-order valence-corrected chi connectivity index (χ1v) is 5.75. The number of anilines is 1. The fraction of sp³-hybridized carbons (Fsp3) is 0.333. The van der Waals surface area contributed by atoms with Gasteiger partial charge in [-0.3, -0.25) is 4.79 Å². The van der Waals surface area contributed by atoms with E-state index in [9.17, 15) is 27.9 Å². The first kappa shape index (κ1) is 16.8. The molecule has 116 valence electrons. The lowest BCUT2D eigenvalue weighted by Crippen LogP contribution is -2.43. The number of aliphatic hydroxyl groups is 1. The molecule has 4 N–H and O–H groups in total. The van der Waals surface area contributed by atoms with Crippen LogP contribution in [0.15, 0.2) is 12.1 Å². The van der Waals surface area contributed by atoms with Crippen molar-refractivity contribution in [2.24, 2.45) is 0 Å². The number of amides is 2. The zero-order valence-electron chi connectivity index (χ0n) is 10.9. The van der Waals surface area contributed by atoms with Gasteiger partial charge in [-0.15, -0.1) is 0 Å². The lowest BCUT2D eigenvalue weighted by molar-refractivity contribution is -0.141. The van der Waals surface area contributed by atoms with Gasteiger partial charge in [-0.05, 0) is 19.1 Å². The molecule has 0 saturated heterocycles. The van der Waals surface area contributed by atoms with Crippen LogP contribution >= 0.6 is 0 Å². The lowest BCUT2D eigenvalue weighted by Gasteiger charge is -2.21. The number of carbonyl (C=O) groups is 2. The van der Waals surface area contributed by atoms with Crippen LogP contribution in [0.2, 0.25) is 0 Å². The van der Waals surface area contributed by atoms with Crippen LogP contribution in [0.1, 0.15) is 13.3 Å². The molecule has 0 aliphatic heterocycles. The van der Waals surface area contributed by atoms with Gasteiger partial charge in [0.1, 0.15) is 0 Å². The van der Waals surface area contributed by atoms with Crippen LogP contribution < -0.4 is 10.6 Å². The maximum Gasteiger partial charge on any atom is 0.319 e. The van der Waals surface area contributed by atoms with E-state index in [-0.39, 0.29) is 0 Å². The van der Waals surface area contributed by atoms with Crippen LogP contribution in [0, 0.1) is 17.5 Å². The Morgan fingerprint density at radius 3 is 2.43 bits per heavy atom. The molecule has 1 atom stereocenters. The first-order chi connectivity index (χ1) is 9.62. The van der Waals surface area contributed by atoms with E-state index in [1.807, 2.05) is 5.32 Å². The van der Waals surface area contributed by atoms with E-state index in [1.165, 1.54) is 6.92 Å². The van der Waals surface area contributed by atoms with Gasteiger partial charge in [0, 0.05) is 6.54 Å². The number of urea groups is 1. The van der Waals surface area contributed by atoms with E-state index in [0.29, 0.717) is 6.07 Å². The Bertz CT molecular complexity index is 564. The van der Waals surface area contributed by atoms with Crippen LogP contribution in [-0.2, 0) is 4.79 Å². The lowest BCUT2D eigenvalue weighted by atomic mass is 10.0. The van der Waals surface area contributed by atoms with Crippen molar-refractivity contribution in [2.45, 2.75) is 18.9 Å². The quantitative estimate of drug-likeness (QED) is 0.619. The second-order valence-corrected chi connectivity index (χ2v) is 4.60. The van der Waals surface area contributed by atoms with E-state index in [4.69, 9.17) is 5.11 Å². The Kier molecular flexibility index (Phi) is 5.14. The second-order valence-electron chi connectivity index (χ2n) is 4.60. The van der Waals surface area contributed by atoms with Crippen molar-refractivity contribution in [1.82, 2.24) is 5.32 Å². The van der Waals surface area contributed by atoms with Gasteiger partial charge in [0.15, 0.2) is 17.5 Å². The van der Waals surface area contributed by atoms with Gasteiger partial charge in [0.25, 0.3) is 0 Å².